The highest BCUT2D eigenvalue weighted by Gasteiger charge is 2.23. The second-order valence-electron chi connectivity index (χ2n) is 21.4. The van der Waals surface area contributed by atoms with E-state index in [2.05, 4.69) is 19.2 Å². The molecule has 3 unspecified atom stereocenters. The highest BCUT2D eigenvalue weighted by Crippen LogP contribution is 2.38. The molecule has 9 heteroatoms. The third-order valence-corrected chi connectivity index (χ3v) is 14.5. The number of aliphatic hydroxyl groups excluding tert-OH is 1. The highest BCUT2D eigenvalue weighted by molar-refractivity contribution is 7.45. The highest BCUT2D eigenvalue weighted by atomic mass is 31.2. The number of likely N-dealkylation sites (N-methyl/N-ethyl adjacent to an activating group) is 1. The van der Waals surface area contributed by atoms with E-state index in [-0.39, 0.29) is 19.1 Å². The Labute approximate surface area is 412 Å². The van der Waals surface area contributed by atoms with E-state index in [9.17, 15) is 19.4 Å². The number of carbonyl (C=O) groups is 1. The number of unbranched alkanes of at least 4 members (excludes halogenated alkanes) is 41. The number of rotatable bonds is 54. The van der Waals surface area contributed by atoms with Crippen LogP contribution in [0.4, 0.5) is 0 Å². The summed E-state index contributed by atoms with van der Waals surface area (Å²) in [5.41, 5.74) is 0. The SMILES string of the molecule is CCCCCCCCC/C=C/C(O)C(COP(=O)([O-])OCC[N+](C)(C)C)NC(=O)CCCCCCCCCCCCCCCCCCCCCCCCCCCCCCCCCCCCC. The molecule has 8 nitrogen and oxygen atoms in total. The fourth-order valence-electron chi connectivity index (χ4n) is 8.92. The van der Waals surface area contributed by atoms with Crippen LogP contribution in [0.5, 0.6) is 0 Å². The minimum atomic E-state index is -4.58. The molecule has 0 aliphatic heterocycles. The molecule has 0 saturated heterocycles. The number of hydrogen-bond donors (Lipinski definition) is 2. The Hall–Kier alpha value is -0.760. The molecule has 0 rings (SSSR count). The maximum absolute atomic E-state index is 12.9. The number of nitrogens with zero attached hydrogens (tertiary/aromatic N) is 1. The van der Waals surface area contributed by atoms with Crippen LogP contribution in [0.1, 0.15) is 296 Å². The van der Waals surface area contributed by atoms with Gasteiger partial charge in [-0.25, -0.2) is 0 Å². The smallest absolute Gasteiger partial charge is 0.268 e. The van der Waals surface area contributed by atoms with Gasteiger partial charge in [0, 0.05) is 6.42 Å². The molecule has 0 spiro atoms. The van der Waals surface area contributed by atoms with E-state index in [0.717, 1.165) is 38.5 Å². The van der Waals surface area contributed by atoms with Crippen LogP contribution >= 0.6 is 7.82 Å². The predicted molar refractivity (Wildman–Crippen MR) is 284 cm³/mol. The number of amides is 1. The predicted octanol–water partition coefficient (Wildman–Crippen LogP) is 16.8. The summed E-state index contributed by atoms with van der Waals surface area (Å²) in [6.07, 6.45) is 60.5. The van der Waals surface area contributed by atoms with Crippen molar-refractivity contribution in [2.24, 2.45) is 0 Å². The molecule has 3 atom stereocenters. The molecule has 0 bridgehead atoms. The first-order valence-electron chi connectivity index (χ1n) is 29.1. The Bertz CT molecular complexity index is 1080. The third-order valence-electron chi connectivity index (χ3n) is 13.5. The van der Waals surface area contributed by atoms with Gasteiger partial charge < -0.3 is 28.8 Å². The number of hydrogen-bond acceptors (Lipinski definition) is 6. The molecule has 0 aromatic rings. The van der Waals surface area contributed by atoms with Gasteiger partial charge in [0.05, 0.1) is 39.9 Å². The van der Waals surface area contributed by atoms with E-state index < -0.39 is 20.0 Å². The standard InChI is InChI=1S/C57H115N2O6P/c1-6-8-10-12-14-16-17-18-19-20-21-22-23-24-25-26-27-28-29-30-31-32-33-34-35-36-37-38-39-40-41-43-45-47-49-51-57(61)58-55(54-65-66(62,63)64-53-52-59(3,4)5)56(60)50-48-46-44-42-15-13-11-9-7-2/h48,50,55-56,60H,6-47,49,51-54H2,1-5H3,(H-,58,61,62,63)/b50-48+. The first kappa shape index (κ1) is 65.2. The number of aliphatic hydroxyl groups is 1. The quantitative estimate of drug-likeness (QED) is 0.0272. The van der Waals surface area contributed by atoms with Crippen LogP contribution in [0.3, 0.4) is 0 Å². The van der Waals surface area contributed by atoms with Crippen molar-refractivity contribution in [1.29, 1.82) is 0 Å². The van der Waals surface area contributed by atoms with Crippen LogP contribution in [-0.2, 0) is 18.4 Å². The number of phosphoric acid groups is 1. The van der Waals surface area contributed by atoms with E-state index in [1.165, 1.54) is 238 Å². The molecular weight excluding hydrogens is 840 g/mol. The molecule has 0 aliphatic carbocycles. The maximum Gasteiger partial charge on any atom is 0.268 e. The lowest BCUT2D eigenvalue weighted by atomic mass is 10.0. The van der Waals surface area contributed by atoms with Gasteiger partial charge in [-0.05, 0) is 19.3 Å². The third kappa shape index (κ3) is 51.1. The number of quaternary nitrogens is 1. The van der Waals surface area contributed by atoms with E-state index in [1.54, 1.807) is 6.08 Å². The average molecular weight is 956 g/mol. The largest absolute Gasteiger partial charge is 0.756 e. The molecule has 0 saturated carbocycles. The average Bonchev–Trinajstić information content (AvgIpc) is 3.28. The van der Waals surface area contributed by atoms with Gasteiger partial charge in [-0.3, -0.25) is 9.36 Å². The first-order valence-corrected chi connectivity index (χ1v) is 30.5. The van der Waals surface area contributed by atoms with Crippen LogP contribution < -0.4 is 10.2 Å². The van der Waals surface area contributed by atoms with Crippen LogP contribution in [0.25, 0.3) is 0 Å². The number of carbonyl (C=O) groups excluding carboxylic acids is 1. The molecule has 0 aliphatic rings. The van der Waals surface area contributed by atoms with Crippen LogP contribution in [-0.4, -0.2) is 68.5 Å². The number of nitrogens with one attached hydrogen (secondary N) is 1. The van der Waals surface area contributed by atoms with Gasteiger partial charge in [-0.15, -0.1) is 0 Å². The molecule has 2 N–H and O–H groups in total. The van der Waals surface area contributed by atoms with Crippen LogP contribution in [0, 0.1) is 0 Å². The Morgan fingerprint density at radius 1 is 0.515 bits per heavy atom. The molecule has 0 radical (unpaired) electrons. The Morgan fingerprint density at radius 3 is 1.14 bits per heavy atom. The minimum absolute atomic E-state index is 0.00194. The summed E-state index contributed by atoms with van der Waals surface area (Å²) in [5, 5.41) is 13.8. The lowest BCUT2D eigenvalue weighted by Crippen LogP contribution is -2.45. The first-order chi connectivity index (χ1) is 32.0. The van der Waals surface area contributed by atoms with Gasteiger partial charge >= 0.3 is 0 Å². The second-order valence-corrected chi connectivity index (χ2v) is 22.8. The molecule has 66 heavy (non-hydrogen) atoms. The molecule has 1 amide bonds. The van der Waals surface area contributed by atoms with Crippen molar-refractivity contribution in [2.75, 3.05) is 40.9 Å². The van der Waals surface area contributed by atoms with E-state index in [4.69, 9.17) is 9.05 Å². The Morgan fingerprint density at radius 2 is 0.818 bits per heavy atom. The van der Waals surface area contributed by atoms with Gasteiger partial charge in [0.2, 0.25) is 5.91 Å². The van der Waals surface area contributed by atoms with Crippen LogP contribution in [0.15, 0.2) is 12.2 Å². The molecule has 0 aromatic heterocycles. The van der Waals surface area contributed by atoms with Crippen molar-refractivity contribution in [2.45, 2.75) is 309 Å². The fourth-order valence-corrected chi connectivity index (χ4v) is 9.64. The summed E-state index contributed by atoms with van der Waals surface area (Å²) in [5.74, 6) is -0.194. The lowest BCUT2D eigenvalue weighted by molar-refractivity contribution is -0.870. The topological polar surface area (TPSA) is 108 Å². The van der Waals surface area contributed by atoms with Crippen molar-refractivity contribution < 1.29 is 32.9 Å². The summed E-state index contributed by atoms with van der Waals surface area (Å²) >= 11 is 0. The molecule has 0 heterocycles. The summed E-state index contributed by atoms with van der Waals surface area (Å²) in [7, 11) is 1.27. The zero-order valence-corrected chi connectivity index (χ0v) is 45.8. The van der Waals surface area contributed by atoms with Crippen molar-refractivity contribution in [3.8, 4) is 0 Å². The van der Waals surface area contributed by atoms with E-state index >= 15 is 0 Å². The van der Waals surface area contributed by atoms with E-state index in [0.29, 0.717) is 17.4 Å². The summed E-state index contributed by atoms with van der Waals surface area (Å²) in [6, 6.07) is -0.880. The number of allylic oxidation sites excluding steroid dienone is 1. The van der Waals surface area contributed by atoms with Gasteiger partial charge in [0.1, 0.15) is 13.2 Å². The lowest BCUT2D eigenvalue weighted by Gasteiger charge is -2.29. The van der Waals surface area contributed by atoms with Gasteiger partial charge in [-0.1, -0.05) is 283 Å². The minimum Gasteiger partial charge on any atom is -0.756 e. The molecule has 0 aromatic carbocycles. The summed E-state index contributed by atoms with van der Waals surface area (Å²) in [6.45, 7) is 4.65. The Kier molecular flexibility index (Phi) is 48.7. The summed E-state index contributed by atoms with van der Waals surface area (Å²) < 4.78 is 23.2. The van der Waals surface area contributed by atoms with Gasteiger partial charge in [0.25, 0.3) is 7.82 Å². The van der Waals surface area contributed by atoms with Gasteiger partial charge in [0.15, 0.2) is 0 Å². The fraction of sp³-hybridized carbons (Fsp3) is 0.947. The van der Waals surface area contributed by atoms with Crippen molar-refractivity contribution >= 4 is 13.7 Å². The van der Waals surface area contributed by atoms with Gasteiger partial charge in [-0.2, -0.15) is 0 Å². The molecule has 394 valence electrons. The van der Waals surface area contributed by atoms with Crippen molar-refractivity contribution in [3.63, 3.8) is 0 Å². The molecule has 0 fully saturated rings. The Balaban J connectivity index is 3.82. The number of phosphoric ester groups is 1. The monoisotopic (exact) mass is 955 g/mol. The van der Waals surface area contributed by atoms with E-state index in [1.807, 2.05) is 27.2 Å². The zero-order valence-electron chi connectivity index (χ0n) is 44.9. The van der Waals surface area contributed by atoms with Crippen molar-refractivity contribution in [1.82, 2.24) is 5.32 Å². The van der Waals surface area contributed by atoms with Crippen molar-refractivity contribution in [3.05, 3.63) is 12.2 Å². The summed E-state index contributed by atoms with van der Waals surface area (Å²) in [4.78, 5) is 25.3. The maximum atomic E-state index is 12.9. The van der Waals surface area contributed by atoms with Crippen LogP contribution in [0.2, 0.25) is 0 Å². The second kappa shape index (κ2) is 49.2. The zero-order chi connectivity index (χ0) is 48.5. The normalized spacial score (nSPS) is 14.0. The molecular formula is C57H115N2O6P.